The van der Waals surface area contributed by atoms with Gasteiger partial charge >= 0.3 is 0 Å². The van der Waals surface area contributed by atoms with E-state index >= 15 is 0 Å². The molecule has 0 aromatic heterocycles. The van der Waals surface area contributed by atoms with Gasteiger partial charge in [-0.3, -0.25) is 0 Å². The summed E-state index contributed by atoms with van der Waals surface area (Å²) in [5.74, 6) is -0.151. The number of halogens is 1. The number of hydrogen-bond donors (Lipinski definition) is 1. The van der Waals surface area contributed by atoms with Gasteiger partial charge in [-0.15, -0.1) is 0 Å². The Morgan fingerprint density at radius 3 is 2.57 bits per heavy atom. The van der Waals surface area contributed by atoms with Crippen molar-refractivity contribution in [1.29, 1.82) is 0 Å². The Balaban J connectivity index is 2.28. The van der Waals surface area contributed by atoms with E-state index in [1.807, 2.05) is 6.07 Å². The van der Waals surface area contributed by atoms with E-state index in [1.165, 1.54) is 0 Å². The highest BCUT2D eigenvalue weighted by molar-refractivity contribution is 5.28. The first-order valence-corrected chi connectivity index (χ1v) is 5.04. The Bertz CT molecular complexity index is 355. The number of nitrogens with two attached hydrogens (primary N) is 1. The highest BCUT2D eigenvalue weighted by atomic mass is 19.1. The Hall–Kier alpha value is -0.890. The van der Waals surface area contributed by atoms with E-state index in [9.17, 15) is 4.39 Å². The predicted octanol–water partition coefficient (Wildman–Crippen LogP) is 2.93. The summed E-state index contributed by atoms with van der Waals surface area (Å²) in [6.45, 7) is 3.93. The molecule has 1 fully saturated rings. The molecule has 1 aromatic rings. The summed E-state index contributed by atoms with van der Waals surface area (Å²) in [6.07, 6.45) is 2.31. The van der Waals surface area contributed by atoms with E-state index in [4.69, 9.17) is 5.73 Å². The van der Waals surface area contributed by atoms with Crippen molar-refractivity contribution in [3.8, 4) is 0 Å². The minimum Gasteiger partial charge on any atom is -0.323 e. The Morgan fingerprint density at radius 2 is 2.07 bits per heavy atom. The van der Waals surface area contributed by atoms with E-state index in [1.54, 1.807) is 19.1 Å². The van der Waals surface area contributed by atoms with Crippen LogP contribution >= 0.6 is 0 Å². The standard InChI is InChI=1S/C12H16FN/c1-8-3-4-9(7-10(8)13)11(14)12(2)5-6-12/h3-4,7,11H,5-6,14H2,1-2H3. The SMILES string of the molecule is Cc1ccc(C(N)C2(C)CC2)cc1F. The average Bonchev–Trinajstić information content (AvgIpc) is 2.89. The molecular weight excluding hydrogens is 177 g/mol. The lowest BCUT2D eigenvalue weighted by Gasteiger charge is -2.19. The number of benzene rings is 1. The number of rotatable bonds is 2. The molecule has 14 heavy (non-hydrogen) atoms. The minimum atomic E-state index is -0.151. The number of aryl methyl sites for hydroxylation is 1. The molecule has 0 spiro atoms. The quantitative estimate of drug-likeness (QED) is 0.767. The molecule has 2 heteroatoms. The van der Waals surface area contributed by atoms with Crippen LogP contribution in [0.4, 0.5) is 4.39 Å². The second-order valence-corrected chi connectivity index (χ2v) is 4.64. The molecule has 1 unspecified atom stereocenters. The molecule has 1 aliphatic rings. The fourth-order valence-electron chi connectivity index (χ4n) is 1.71. The third-order valence-corrected chi connectivity index (χ3v) is 3.34. The van der Waals surface area contributed by atoms with Crippen LogP contribution in [0.25, 0.3) is 0 Å². The van der Waals surface area contributed by atoms with Gasteiger partial charge < -0.3 is 5.73 Å². The zero-order valence-corrected chi connectivity index (χ0v) is 8.68. The van der Waals surface area contributed by atoms with Crippen molar-refractivity contribution in [1.82, 2.24) is 0 Å². The molecule has 1 nitrogen and oxygen atoms in total. The maximum Gasteiger partial charge on any atom is 0.126 e. The van der Waals surface area contributed by atoms with Crippen molar-refractivity contribution >= 4 is 0 Å². The molecule has 76 valence electrons. The molecule has 0 aliphatic heterocycles. The first-order valence-electron chi connectivity index (χ1n) is 5.04. The summed E-state index contributed by atoms with van der Waals surface area (Å²) in [5, 5.41) is 0. The van der Waals surface area contributed by atoms with Crippen LogP contribution in [0.5, 0.6) is 0 Å². The largest absolute Gasteiger partial charge is 0.323 e. The molecule has 2 rings (SSSR count). The van der Waals surface area contributed by atoms with Crippen molar-refractivity contribution < 1.29 is 4.39 Å². The van der Waals surface area contributed by atoms with Crippen LogP contribution in [0.1, 0.15) is 36.9 Å². The lowest BCUT2D eigenvalue weighted by Crippen LogP contribution is -2.20. The third kappa shape index (κ3) is 1.55. The minimum absolute atomic E-state index is 0.0161. The van der Waals surface area contributed by atoms with Crippen molar-refractivity contribution in [3.63, 3.8) is 0 Å². The van der Waals surface area contributed by atoms with Gasteiger partial charge in [0, 0.05) is 6.04 Å². The normalized spacial score (nSPS) is 20.6. The average molecular weight is 193 g/mol. The summed E-state index contributed by atoms with van der Waals surface area (Å²) in [4.78, 5) is 0. The summed E-state index contributed by atoms with van der Waals surface area (Å²) >= 11 is 0. The second kappa shape index (κ2) is 3.06. The summed E-state index contributed by atoms with van der Waals surface area (Å²) in [7, 11) is 0. The highest BCUT2D eigenvalue weighted by Gasteiger charge is 2.43. The molecule has 1 saturated carbocycles. The van der Waals surface area contributed by atoms with E-state index in [-0.39, 0.29) is 17.3 Å². The smallest absolute Gasteiger partial charge is 0.126 e. The fraction of sp³-hybridized carbons (Fsp3) is 0.500. The van der Waals surface area contributed by atoms with Gasteiger partial charge in [0.2, 0.25) is 0 Å². The van der Waals surface area contributed by atoms with Gasteiger partial charge in [0.1, 0.15) is 5.82 Å². The summed E-state index contributed by atoms with van der Waals surface area (Å²) in [6, 6.07) is 5.30. The van der Waals surface area contributed by atoms with Crippen LogP contribution < -0.4 is 5.73 Å². The van der Waals surface area contributed by atoms with E-state index in [0.717, 1.165) is 18.4 Å². The molecule has 0 bridgehead atoms. The monoisotopic (exact) mass is 193 g/mol. The van der Waals surface area contributed by atoms with E-state index < -0.39 is 0 Å². The maximum atomic E-state index is 13.3. The molecular formula is C12H16FN. The van der Waals surface area contributed by atoms with E-state index in [0.29, 0.717) is 5.56 Å². The van der Waals surface area contributed by atoms with Gasteiger partial charge in [-0.25, -0.2) is 4.39 Å². The van der Waals surface area contributed by atoms with Crippen molar-refractivity contribution in [2.75, 3.05) is 0 Å². The van der Waals surface area contributed by atoms with Gasteiger partial charge in [-0.05, 0) is 42.4 Å². The van der Waals surface area contributed by atoms with Gasteiger partial charge in [-0.1, -0.05) is 19.1 Å². The van der Waals surface area contributed by atoms with Gasteiger partial charge in [0.25, 0.3) is 0 Å². The first-order chi connectivity index (χ1) is 6.53. The van der Waals surface area contributed by atoms with Crippen molar-refractivity contribution in [2.24, 2.45) is 11.1 Å². The molecule has 0 radical (unpaired) electrons. The summed E-state index contributed by atoms with van der Waals surface area (Å²) < 4.78 is 13.3. The Morgan fingerprint density at radius 1 is 1.43 bits per heavy atom. The molecule has 0 heterocycles. The Labute approximate surface area is 84.1 Å². The number of hydrogen-bond acceptors (Lipinski definition) is 1. The van der Waals surface area contributed by atoms with Crippen LogP contribution in [0.15, 0.2) is 18.2 Å². The molecule has 0 saturated heterocycles. The molecule has 1 aliphatic carbocycles. The molecule has 1 atom stereocenters. The topological polar surface area (TPSA) is 26.0 Å². The zero-order chi connectivity index (χ0) is 10.3. The van der Waals surface area contributed by atoms with Crippen LogP contribution in [0.3, 0.4) is 0 Å². The summed E-state index contributed by atoms with van der Waals surface area (Å²) in [5.41, 5.74) is 7.90. The lowest BCUT2D eigenvalue weighted by molar-refractivity contribution is 0.448. The molecule has 1 aromatic carbocycles. The molecule has 0 amide bonds. The van der Waals surface area contributed by atoms with Crippen LogP contribution in [-0.2, 0) is 0 Å². The van der Waals surface area contributed by atoms with Gasteiger partial charge in [0.05, 0.1) is 0 Å². The fourth-order valence-corrected chi connectivity index (χ4v) is 1.71. The predicted molar refractivity (Wildman–Crippen MR) is 55.4 cm³/mol. The second-order valence-electron chi connectivity index (χ2n) is 4.64. The van der Waals surface area contributed by atoms with Gasteiger partial charge in [-0.2, -0.15) is 0 Å². The third-order valence-electron chi connectivity index (χ3n) is 3.34. The first kappa shape index (κ1) is 9.66. The van der Waals surface area contributed by atoms with Crippen molar-refractivity contribution in [3.05, 3.63) is 35.1 Å². The lowest BCUT2D eigenvalue weighted by atomic mass is 9.92. The molecule has 2 N–H and O–H groups in total. The maximum absolute atomic E-state index is 13.3. The van der Waals surface area contributed by atoms with Crippen LogP contribution in [0, 0.1) is 18.2 Å². The van der Waals surface area contributed by atoms with Gasteiger partial charge in [0.15, 0.2) is 0 Å². The van der Waals surface area contributed by atoms with E-state index in [2.05, 4.69) is 6.92 Å². The van der Waals surface area contributed by atoms with Crippen LogP contribution in [0.2, 0.25) is 0 Å². The van der Waals surface area contributed by atoms with Crippen LogP contribution in [-0.4, -0.2) is 0 Å². The zero-order valence-electron chi connectivity index (χ0n) is 8.68. The highest BCUT2D eigenvalue weighted by Crippen LogP contribution is 2.53. The Kier molecular flexibility index (Phi) is 2.11. The van der Waals surface area contributed by atoms with Crippen molar-refractivity contribution in [2.45, 2.75) is 32.7 Å².